The highest BCUT2D eigenvalue weighted by molar-refractivity contribution is 6.09. The van der Waals surface area contributed by atoms with E-state index in [-0.39, 0.29) is 27.9 Å². The molecule has 0 saturated heterocycles. The van der Waals surface area contributed by atoms with Crippen LogP contribution in [-0.2, 0) is 16.2 Å². The van der Waals surface area contributed by atoms with Gasteiger partial charge in [-0.2, -0.15) is 0 Å². The molecule has 9 aromatic rings. The van der Waals surface area contributed by atoms with Gasteiger partial charge in [-0.15, -0.1) is 0 Å². The lowest BCUT2D eigenvalue weighted by Gasteiger charge is -2.30. The van der Waals surface area contributed by atoms with Gasteiger partial charge in [0.25, 0.3) is 0 Å². The van der Waals surface area contributed by atoms with Crippen molar-refractivity contribution in [2.75, 3.05) is 16.5 Å². The lowest BCUT2D eigenvalue weighted by atomic mass is 9.82. The summed E-state index contributed by atoms with van der Waals surface area (Å²) in [5.74, 6) is 1.71. The van der Waals surface area contributed by atoms with Crippen LogP contribution in [-0.4, -0.2) is 16.2 Å². The van der Waals surface area contributed by atoms with Crippen molar-refractivity contribution < 1.29 is 13.5 Å². The summed E-state index contributed by atoms with van der Waals surface area (Å²) in [6.45, 7) is 20.4. The Morgan fingerprint density at radius 1 is 0.478 bits per heavy atom. The summed E-state index contributed by atoms with van der Waals surface area (Å²) in [7, 11) is 0. The molecule has 0 spiro atoms. The summed E-state index contributed by atoms with van der Waals surface area (Å²) in [5, 5.41) is 2.28. The van der Waals surface area contributed by atoms with E-state index in [0.717, 1.165) is 95.3 Å². The Kier molecular flexibility index (Phi) is 10.6. The highest BCUT2D eigenvalue weighted by Crippen LogP contribution is 2.52. The average molecular weight is 887 g/mol. The van der Waals surface area contributed by atoms with E-state index in [1.54, 1.807) is 0 Å². The molecule has 0 atom stereocenters. The highest BCUT2D eigenvalue weighted by Gasteiger charge is 2.33. The Morgan fingerprint density at radius 3 is 1.64 bits per heavy atom. The quantitative estimate of drug-likeness (QED) is 0.160. The minimum Gasteiger partial charge on any atom is -0.457 e. The summed E-state index contributed by atoms with van der Waals surface area (Å²) in [6.07, 6.45) is 1.90. The molecule has 1 aliphatic heterocycles. The molecule has 0 fully saturated rings. The monoisotopic (exact) mass is 886 g/mol. The van der Waals surface area contributed by atoms with Crippen LogP contribution in [0.1, 0.15) is 79.0 Å². The van der Waals surface area contributed by atoms with E-state index >= 15 is 0 Å². The third-order valence-corrected chi connectivity index (χ3v) is 13.1. The number of pyridine rings is 1. The van der Waals surface area contributed by atoms with Crippen LogP contribution in [0.15, 0.2) is 164 Å². The standard InChI is InChI=1S/C60H56F2N4O/c1-58(2,3)40-28-29-63-56(34-40)66-52-15-11-10-14-48(52)49-27-26-46(36-55(49)66)67-47-31-41(59(4,5)6)30-45(35-47)64-37-65(54-17-13-12-16-53(54)64)57-50(38-18-22-43(61)23-19-38)32-42(60(7,8)9)33-51(57)39-20-24-44(62)25-21-39/h10-36H,37H2,1-9H3. The molecule has 336 valence electrons. The fourth-order valence-electron chi connectivity index (χ4n) is 9.32. The summed E-state index contributed by atoms with van der Waals surface area (Å²) in [5.41, 5.74) is 12.8. The first kappa shape index (κ1) is 43.6. The maximum absolute atomic E-state index is 14.6. The largest absolute Gasteiger partial charge is 0.457 e. The maximum Gasteiger partial charge on any atom is 0.137 e. The minimum atomic E-state index is -0.296. The first-order chi connectivity index (χ1) is 31.9. The molecule has 5 nitrogen and oxygen atoms in total. The highest BCUT2D eigenvalue weighted by atomic mass is 19.1. The molecule has 1 aliphatic rings. The number of hydrogen-bond acceptors (Lipinski definition) is 4. The van der Waals surface area contributed by atoms with Crippen molar-refractivity contribution in [3.05, 3.63) is 192 Å². The molecule has 67 heavy (non-hydrogen) atoms. The number of hydrogen-bond donors (Lipinski definition) is 0. The maximum atomic E-state index is 14.6. The van der Waals surface area contributed by atoms with Gasteiger partial charge in [0.2, 0.25) is 0 Å². The van der Waals surface area contributed by atoms with Gasteiger partial charge in [-0.25, -0.2) is 13.8 Å². The van der Waals surface area contributed by atoms with Crippen molar-refractivity contribution >= 4 is 44.6 Å². The number of para-hydroxylation sites is 3. The normalized spacial score (nSPS) is 13.2. The van der Waals surface area contributed by atoms with E-state index in [0.29, 0.717) is 6.67 Å². The van der Waals surface area contributed by atoms with Gasteiger partial charge in [0.05, 0.1) is 28.1 Å². The molecule has 0 amide bonds. The van der Waals surface area contributed by atoms with Gasteiger partial charge in [0, 0.05) is 45.9 Å². The van der Waals surface area contributed by atoms with Crippen LogP contribution in [0.2, 0.25) is 0 Å². The first-order valence-electron chi connectivity index (χ1n) is 23.1. The summed E-state index contributed by atoms with van der Waals surface area (Å²) >= 11 is 0. The second kappa shape index (κ2) is 16.3. The van der Waals surface area contributed by atoms with Gasteiger partial charge in [-0.1, -0.05) is 117 Å². The van der Waals surface area contributed by atoms with Gasteiger partial charge in [0.15, 0.2) is 0 Å². The molecule has 0 unspecified atom stereocenters. The van der Waals surface area contributed by atoms with Gasteiger partial charge >= 0.3 is 0 Å². The van der Waals surface area contributed by atoms with E-state index in [9.17, 15) is 8.78 Å². The molecular formula is C60H56F2N4O. The molecule has 7 aromatic carbocycles. The van der Waals surface area contributed by atoms with Crippen LogP contribution in [0, 0.1) is 11.6 Å². The third kappa shape index (κ3) is 8.22. The Bertz CT molecular complexity index is 3260. The molecule has 3 heterocycles. The fraction of sp³-hybridized carbons (Fsp3) is 0.217. The zero-order valence-electron chi connectivity index (χ0n) is 39.7. The molecule has 10 rings (SSSR count). The van der Waals surface area contributed by atoms with Gasteiger partial charge in [-0.05, 0) is 135 Å². The van der Waals surface area contributed by atoms with Crippen molar-refractivity contribution in [2.24, 2.45) is 0 Å². The number of benzene rings is 7. The zero-order valence-corrected chi connectivity index (χ0v) is 39.7. The van der Waals surface area contributed by atoms with Crippen molar-refractivity contribution in [2.45, 2.75) is 78.6 Å². The molecule has 0 N–H and O–H groups in total. The number of aromatic nitrogens is 2. The lowest BCUT2D eigenvalue weighted by Crippen LogP contribution is -2.26. The molecule has 0 saturated carbocycles. The van der Waals surface area contributed by atoms with Crippen molar-refractivity contribution in [3.8, 4) is 39.6 Å². The predicted octanol–water partition coefficient (Wildman–Crippen LogP) is 16.7. The predicted molar refractivity (Wildman–Crippen MR) is 274 cm³/mol. The second-order valence-electron chi connectivity index (χ2n) is 20.9. The van der Waals surface area contributed by atoms with Crippen LogP contribution in [0.5, 0.6) is 11.5 Å². The van der Waals surface area contributed by atoms with E-state index in [1.807, 2.05) is 30.5 Å². The van der Waals surface area contributed by atoms with Gasteiger partial charge in [0.1, 0.15) is 35.6 Å². The Morgan fingerprint density at radius 2 is 1.03 bits per heavy atom. The molecule has 0 radical (unpaired) electrons. The summed E-state index contributed by atoms with van der Waals surface area (Å²) < 4.78 is 38.3. The third-order valence-electron chi connectivity index (χ3n) is 13.1. The van der Waals surface area contributed by atoms with Gasteiger partial charge < -0.3 is 14.5 Å². The van der Waals surface area contributed by atoms with Crippen LogP contribution >= 0.6 is 0 Å². The SMILES string of the molecule is CC(C)(C)c1cc(Oc2ccc3c4ccccc4n(-c4cc(C(C)(C)C)ccn4)c3c2)cc(N2CN(c3c(-c4ccc(F)cc4)cc(C(C)(C)C)cc3-c3ccc(F)cc3)c3ccccc32)c1. The van der Waals surface area contributed by atoms with E-state index in [4.69, 9.17) is 9.72 Å². The smallest absolute Gasteiger partial charge is 0.137 e. The lowest BCUT2D eigenvalue weighted by molar-refractivity contribution is 0.479. The minimum absolute atomic E-state index is 0.0416. The molecular weight excluding hydrogens is 831 g/mol. The second-order valence-corrected chi connectivity index (χ2v) is 20.9. The Balaban J connectivity index is 1.11. The number of halogens is 2. The van der Waals surface area contributed by atoms with Crippen molar-refractivity contribution in [1.82, 2.24) is 9.55 Å². The van der Waals surface area contributed by atoms with Crippen LogP contribution in [0.4, 0.5) is 31.5 Å². The number of nitrogens with zero attached hydrogens (tertiary/aromatic N) is 4. The van der Waals surface area contributed by atoms with E-state index in [2.05, 4.69) is 186 Å². The topological polar surface area (TPSA) is 33.5 Å². The van der Waals surface area contributed by atoms with Crippen LogP contribution in [0.25, 0.3) is 49.9 Å². The Hall–Kier alpha value is -7.25. The van der Waals surface area contributed by atoms with Crippen molar-refractivity contribution in [1.29, 1.82) is 0 Å². The molecule has 7 heteroatoms. The van der Waals surface area contributed by atoms with Gasteiger partial charge in [-0.3, -0.25) is 4.57 Å². The first-order valence-corrected chi connectivity index (χ1v) is 23.1. The zero-order chi connectivity index (χ0) is 47.0. The molecule has 0 aliphatic carbocycles. The molecule has 0 bridgehead atoms. The number of fused-ring (bicyclic) bond motifs is 4. The van der Waals surface area contributed by atoms with Crippen LogP contribution < -0.4 is 14.5 Å². The Labute approximate surface area is 392 Å². The van der Waals surface area contributed by atoms with Crippen molar-refractivity contribution in [3.63, 3.8) is 0 Å². The van der Waals surface area contributed by atoms with E-state index < -0.39 is 0 Å². The number of anilines is 4. The summed E-state index contributed by atoms with van der Waals surface area (Å²) in [6, 6.07) is 52.1. The van der Waals surface area contributed by atoms with E-state index in [1.165, 1.54) is 29.8 Å². The molecule has 2 aromatic heterocycles. The summed E-state index contributed by atoms with van der Waals surface area (Å²) in [4.78, 5) is 9.59. The number of rotatable bonds is 7. The average Bonchev–Trinajstić information content (AvgIpc) is 3.84. The fourth-order valence-corrected chi connectivity index (χ4v) is 9.32. The van der Waals surface area contributed by atoms with Crippen LogP contribution in [0.3, 0.4) is 0 Å². The number of ether oxygens (including phenoxy) is 1.